The Bertz CT molecular complexity index is 193. The second kappa shape index (κ2) is 11.4. The first kappa shape index (κ1) is 17.2. The molecular formula is C18H36P2. The number of unbranched alkanes of at least 4 members (excludes halogenated alkanes) is 7. The van der Waals surface area contributed by atoms with E-state index in [1.165, 1.54) is 38.5 Å². The Morgan fingerprint density at radius 3 is 1.05 bits per heavy atom. The predicted molar refractivity (Wildman–Crippen MR) is 98.4 cm³/mol. The molecule has 0 radical (unpaired) electrons. The maximum Gasteiger partial charge on any atom is -0.0326 e. The molecule has 0 aromatic rings. The second-order valence-corrected chi connectivity index (χ2v) is 12.3. The van der Waals surface area contributed by atoms with E-state index < -0.39 is 0 Å². The third-order valence-corrected chi connectivity index (χ3v) is 10.8. The van der Waals surface area contributed by atoms with Gasteiger partial charge in [0.15, 0.2) is 0 Å². The summed E-state index contributed by atoms with van der Waals surface area (Å²) in [5, 5.41) is 0. The second-order valence-electron chi connectivity index (χ2n) is 6.93. The summed E-state index contributed by atoms with van der Waals surface area (Å²) in [7, 11) is 1.04. The van der Waals surface area contributed by atoms with Gasteiger partial charge in [0.2, 0.25) is 0 Å². The molecule has 2 aliphatic heterocycles. The molecule has 0 saturated carbocycles. The van der Waals surface area contributed by atoms with Gasteiger partial charge in [0.05, 0.1) is 0 Å². The van der Waals surface area contributed by atoms with Gasteiger partial charge in [0.1, 0.15) is 0 Å². The van der Waals surface area contributed by atoms with E-state index in [4.69, 9.17) is 0 Å². The van der Waals surface area contributed by atoms with Gasteiger partial charge in [-0.2, -0.15) is 0 Å². The van der Waals surface area contributed by atoms with Gasteiger partial charge in [0, 0.05) is 0 Å². The maximum atomic E-state index is 1.61. The zero-order chi connectivity index (χ0) is 13.9. The van der Waals surface area contributed by atoms with E-state index in [0.717, 1.165) is 0 Å². The highest BCUT2D eigenvalue weighted by Gasteiger charge is 2.13. The van der Waals surface area contributed by atoms with Gasteiger partial charge in [-0.05, 0) is 75.5 Å². The highest BCUT2D eigenvalue weighted by Crippen LogP contribution is 2.44. The van der Waals surface area contributed by atoms with Crippen LogP contribution in [0.3, 0.4) is 0 Å². The lowest BCUT2D eigenvalue weighted by Gasteiger charge is -2.09. The van der Waals surface area contributed by atoms with Crippen LogP contribution in [0.25, 0.3) is 0 Å². The van der Waals surface area contributed by atoms with Gasteiger partial charge >= 0.3 is 0 Å². The highest BCUT2D eigenvalue weighted by molar-refractivity contribution is 7.58. The van der Waals surface area contributed by atoms with Crippen molar-refractivity contribution in [2.24, 2.45) is 0 Å². The zero-order valence-electron chi connectivity index (χ0n) is 13.6. The Hall–Kier alpha value is 0.860. The van der Waals surface area contributed by atoms with Crippen LogP contribution in [0, 0.1) is 0 Å². The lowest BCUT2D eigenvalue weighted by Crippen LogP contribution is -1.89. The summed E-state index contributed by atoms with van der Waals surface area (Å²) >= 11 is 0. The van der Waals surface area contributed by atoms with E-state index in [2.05, 4.69) is 0 Å². The van der Waals surface area contributed by atoms with Crippen molar-refractivity contribution in [1.29, 1.82) is 0 Å². The first-order valence-corrected chi connectivity index (χ1v) is 13.2. The molecule has 2 rings (SSSR count). The molecule has 0 bridgehead atoms. The molecule has 0 spiro atoms. The summed E-state index contributed by atoms with van der Waals surface area (Å²) in [6, 6.07) is 0. The molecule has 2 heteroatoms. The van der Waals surface area contributed by atoms with E-state index in [-0.39, 0.29) is 0 Å². The van der Waals surface area contributed by atoms with Crippen LogP contribution >= 0.6 is 15.8 Å². The van der Waals surface area contributed by atoms with Crippen molar-refractivity contribution >= 4 is 15.8 Å². The molecule has 118 valence electrons. The highest BCUT2D eigenvalue weighted by atomic mass is 31.1. The molecule has 2 heterocycles. The Balaban J connectivity index is 1.26. The molecule has 2 fully saturated rings. The molecule has 0 aromatic carbocycles. The number of hydrogen-bond donors (Lipinski definition) is 0. The fraction of sp³-hybridized carbons (Fsp3) is 1.00. The molecule has 20 heavy (non-hydrogen) atoms. The van der Waals surface area contributed by atoms with E-state index in [0.29, 0.717) is 15.8 Å². The van der Waals surface area contributed by atoms with Gasteiger partial charge in [-0.25, -0.2) is 0 Å². The predicted octanol–water partition coefficient (Wildman–Crippen LogP) is 6.66. The number of hydrogen-bond acceptors (Lipinski definition) is 0. The topological polar surface area (TPSA) is 0 Å². The molecule has 0 nitrogen and oxygen atoms in total. The van der Waals surface area contributed by atoms with Gasteiger partial charge in [0.25, 0.3) is 0 Å². The molecule has 0 unspecified atom stereocenters. The monoisotopic (exact) mass is 314 g/mol. The third-order valence-electron chi connectivity index (χ3n) is 5.10. The minimum Gasteiger partial charge on any atom is -0.107 e. The van der Waals surface area contributed by atoms with Crippen LogP contribution in [0.15, 0.2) is 0 Å². The van der Waals surface area contributed by atoms with E-state index in [1.807, 2.05) is 0 Å². The minimum atomic E-state index is 0.519. The molecule has 0 N–H and O–H groups in total. The van der Waals surface area contributed by atoms with Gasteiger partial charge in [-0.1, -0.05) is 38.5 Å². The van der Waals surface area contributed by atoms with E-state index in [1.54, 1.807) is 75.5 Å². The van der Waals surface area contributed by atoms with Gasteiger partial charge in [-0.15, -0.1) is 15.8 Å². The van der Waals surface area contributed by atoms with Gasteiger partial charge in [-0.3, -0.25) is 0 Å². The Morgan fingerprint density at radius 1 is 0.400 bits per heavy atom. The van der Waals surface area contributed by atoms with Crippen molar-refractivity contribution in [3.8, 4) is 0 Å². The molecule has 0 aromatic heterocycles. The van der Waals surface area contributed by atoms with Crippen molar-refractivity contribution in [3.63, 3.8) is 0 Å². The first-order valence-electron chi connectivity index (χ1n) is 9.40. The standard InChI is InChI=1S/C18H36P2/c1(3-5-7-13-19-15-9-10-16-19)2-4-6-8-14-20-17-11-12-18-20/h1-18H2. The summed E-state index contributed by atoms with van der Waals surface area (Å²) in [5.74, 6) is 0. The average molecular weight is 314 g/mol. The molecule has 0 atom stereocenters. The molecule has 2 aliphatic rings. The third kappa shape index (κ3) is 7.75. The fourth-order valence-corrected chi connectivity index (χ4v) is 9.11. The summed E-state index contributed by atoms with van der Waals surface area (Å²) in [6.45, 7) is 0. The van der Waals surface area contributed by atoms with Crippen LogP contribution in [-0.2, 0) is 0 Å². The van der Waals surface area contributed by atoms with Crippen LogP contribution in [0.1, 0.15) is 77.0 Å². The molecule has 0 aliphatic carbocycles. The Morgan fingerprint density at radius 2 is 0.700 bits per heavy atom. The summed E-state index contributed by atoms with van der Waals surface area (Å²) in [4.78, 5) is 0. The lowest BCUT2D eigenvalue weighted by molar-refractivity contribution is 0.587. The SMILES string of the molecule is C(CCCCCP1CCCC1)CCCCP1CCCC1. The van der Waals surface area contributed by atoms with Crippen LogP contribution in [0.5, 0.6) is 0 Å². The van der Waals surface area contributed by atoms with Crippen LogP contribution in [0.4, 0.5) is 0 Å². The average Bonchev–Trinajstić information content (AvgIpc) is 3.14. The van der Waals surface area contributed by atoms with Crippen LogP contribution in [-0.4, -0.2) is 37.0 Å². The van der Waals surface area contributed by atoms with Gasteiger partial charge < -0.3 is 0 Å². The zero-order valence-corrected chi connectivity index (χ0v) is 15.4. The largest absolute Gasteiger partial charge is 0.107 e. The first-order chi connectivity index (χ1) is 9.95. The van der Waals surface area contributed by atoms with Crippen molar-refractivity contribution in [1.82, 2.24) is 0 Å². The van der Waals surface area contributed by atoms with E-state index in [9.17, 15) is 0 Å². The van der Waals surface area contributed by atoms with E-state index >= 15 is 0 Å². The maximum absolute atomic E-state index is 1.61. The normalized spacial score (nSPS) is 21.0. The molecule has 0 amide bonds. The number of rotatable bonds is 11. The van der Waals surface area contributed by atoms with Crippen molar-refractivity contribution in [2.75, 3.05) is 37.0 Å². The smallest absolute Gasteiger partial charge is 0.0326 e. The summed E-state index contributed by atoms with van der Waals surface area (Å²) in [5.41, 5.74) is 0. The minimum absolute atomic E-state index is 0.519. The quantitative estimate of drug-likeness (QED) is 0.295. The van der Waals surface area contributed by atoms with Crippen LogP contribution in [0.2, 0.25) is 0 Å². The Kier molecular flexibility index (Phi) is 9.84. The lowest BCUT2D eigenvalue weighted by atomic mass is 10.1. The molecule has 2 saturated heterocycles. The summed E-state index contributed by atoms with van der Waals surface area (Å²) < 4.78 is 0. The van der Waals surface area contributed by atoms with Crippen molar-refractivity contribution in [2.45, 2.75) is 77.0 Å². The Labute approximate surface area is 130 Å². The van der Waals surface area contributed by atoms with Crippen molar-refractivity contribution in [3.05, 3.63) is 0 Å². The van der Waals surface area contributed by atoms with Crippen molar-refractivity contribution < 1.29 is 0 Å². The van der Waals surface area contributed by atoms with Crippen LogP contribution < -0.4 is 0 Å². The summed E-state index contributed by atoms with van der Waals surface area (Å²) in [6.07, 6.45) is 28.1. The molecular weight excluding hydrogens is 278 g/mol. The fourth-order valence-electron chi connectivity index (χ4n) is 3.74.